The van der Waals surface area contributed by atoms with E-state index < -0.39 is 8.56 Å². The SMILES string of the molecule is CC[Si](CCCC(OC)C1(C)COC1)(OC)OC. The van der Waals surface area contributed by atoms with Crippen molar-refractivity contribution in [3.63, 3.8) is 0 Å². The Morgan fingerprint density at radius 1 is 1.22 bits per heavy atom. The average molecular weight is 276 g/mol. The van der Waals surface area contributed by atoms with Gasteiger partial charge in [-0.05, 0) is 24.9 Å². The largest absolute Gasteiger partial charge is 0.398 e. The van der Waals surface area contributed by atoms with Crippen LogP contribution >= 0.6 is 0 Å². The highest BCUT2D eigenvalue weighted by Gasteiger charge is 2.42. The molecule has 0 aromatic carbocycles. The Kier molecular flexibility index (Phi) is 6.27. The van der Waals surface area contributed by atoms with Gasteiger partial charge in [0, 0.05) is 26.7 Å². The van der Waals surface area contributed by atoms with E-state index in [9.17, 15) is 0 Å². The van der Waals surface area contributed by atoms with Gasteiger partial charge in [0.15, 0.2) is 0 Å². The minimum absolute atomic E-state index is 0.200. The number of methoxy groups -OCH3 is 1. The molecule has 0 aliphatic carbocycles. The summed E-state index contributed by atoms with van der Waals surface area (Å²) in [6.07, 6.45) is 2.43. The third kappa shape index (κ3) is 3.54. The van der Waals surface area contributed by atoms with Crippen LogP contribution in [0.5, 0.6) is 0 Å². The van der Waals surface area contributed by atoms with Crippen LogP contribution in [0.1, 0.15) is 26.7 Å². The summed E-state index contributed by atoms with van der Waals surface area (Å²) < 4.78 is 22.2. The van der Waals surface area contributed by atoms with Gasteiger partial charge in [0.1, 0.15) is 0 Å². The lowest BCUT2D eigenvalue weighted by Gasteiger charge is -2.43. The van der Waals surface area contributed by atoms with E-state index in [2.05, 4.69) is 13.8 Å². The van der Waals surface area contributed by atoms with Crippen LogP contribution in [-0.4, -0.2) is 49.2 Å². The number of hydrogen-bond donors (Lipinski definition) is 0. The van der Waals surface area contributed by atoms with Crippen molar-refractivity contribution >= 4 is 8.56 Å². The third-order valence-electron chi connectivity index (χ3n) is 4.23. The molecular formula is C13H28O4Si. The number of rotatable bonds is 9. The highest BCUT2D eigenvalue weighted by molar-refractivity contribution is 6.67. The van der Waals surface area contributed by atoms with Gasteiger partial charge in [-0.15, -0.1) is 0 Å². The van der Waals surface area contributed by atoms with Gasteiger partial charge < -0.3 is 18.3 Å². The molecule has 1 aliphatic rings. The van der Waals surface area contributed by atoms with E-state index in [-0.39, 0.29) is 11.5 Å². The van der Waals surface area contributed by atoms with Gasteiger partial charge in [-0.25, -0.2) is 0 Å². The monoisotopic (exact) mass is 276 g/mol. The smallest absolute Gasteiger partial charge is 0.337 e. The zero-order valence-corrected chi connectivity index (χ0v) is 13.5. The summed E-state index contributed by atoms with van der Waals surface area (Å²) in [5.74, 6) is 0. The molecule has 0 amide bonds. The van der Waals surface area contributed by atoms with Crippen molar-refractivity contribution in [2.75, 3.05) is 34.5 Å². The van der Waals surface area contributed by atoms with Crippen LogP contribution in [0, 0.1) is 5.41 Å². The predicted molar refractivity (Wildman–Crippen MR) is 74.0 cm³/mol. The Labute approximate surface area is 112 Å². The molecule has 1 atom stereocenters. The van der Waals surface area contributed by atoms with E-state index in [1.54, 1.807) is 21.3 Å². The van der Waals surface area contributed by atoms with Crippen LogP contribution in [-0.2, 0) is 18.3 Å². The summed E-state index contributed by atoms with van der Waals surface area (Å²) in [6.45, 7) is 6.02. The Bertz CT molecular complexity index is 231. The van der Waals surface area contributed by atoms with Crippen molar-refractivity contribution < 1.29 is 18.3 Å². The van der Waals surface area contributed by atoms with E-state index in [0.29, 0.717) is 0 Å². The van der Waals surface area contributed by atoms with Crippen LogP contribution in [0.15, 0.2) is 0 Å². The molecule has 1 heterocycles. The molecule has 1 unspecified atom stereocenters. The minimum Gasteiger partial charge on any atom is -0.398 e. The molecule has 4 nitrogen and oxygen atoms in total. The molecule has 0 spiro atoms. The van der Waals surface area contributed by atoms with Crippen LogP contribution in [0.3, 0.4) is 0 Å². The molecule has 1 aliphatic heterocycles. The maximum atomic E-state index is 5.63. The van der Waals surface area contributed by atoms with E-state index in [1.807, 2.05) is 0 Å². The third-order valence-corrected chi connectivity index (χ3v) is 7.91. The standard InChI is InChI=1S/C13H28O4Si/c1-6-18(15-4,16-5)9-7-8-12(14-3)13(2)10-17-11-13/h12H,6-11H2,1-5H3. The highest BCUT2D eigenvalue weighted by Crippen LogP contribution is 2.35. The summed E-state index contributed by atoms with van der Waals surface area (Å²) in [4.78, 5) is 0. The second-order valence-electron chi connectivity index (χ2n) is 5.44. The molecule has 108 valence electrons. The Morgan fingerprint density at radius 3 is 2.17 bits per heavy atom. The summed E-state index contributed by atoms with van der Waals surface area (Å²) in [5.41, 5.74) is 0.200. The maximum Gasteiger partial charge on any atom is 0.337 e. The second-order valence-corrected chi connectivity index (χ2v) is 9.28. The van der Waals surface area contributed by atoms with E-state index in [4.69, 9.17) is 18.3 Å². The molecule has 18 heavy (non-hydrogen) atoms. The fourth-order valence-corrected chi connectivity index (χ4v) is 4.92. The number of ether oxygens (including phenoxy) is 2. The van der Waals surface area contributed by atoms with Gasteiger partial charge in [-0.2, -0.15) is 0 Å². The van der Waals surface area contributed by atoms with E-state index >= 15 is 0 Å². The van der Waals surface area contributed by atoms with Gasteiger partial charge in [0.05, 0.1) is 19.3 Å². The minimum atomic E-state index is -1.94. The lowest BCUT2D eigenvalue weighted by atomic mass is 9.80. The molecule has 0 bridgehead atoms. The summed E-state index contributed by atoms with van der Waals surface area (Å²) in [7, 11) is 3.41. The van der Waals surface area contributed by atoms with Crippen LogP contribution < -0.4 is 0 Å². The highest BCUT2D eigenvalue weighted by atomic mass is 28.4. The van der Waals surface area contributed by atoms with Crippen LogP contribution in [0.25, 0.3) is 0 Å². The molecule has 0 aromatic heterocycles. The van der Waals surface area contributed by atoms with Gasteiger partial charge in [0.25, 0.3) is 0 Å². The molecule has 1 fully saturated rings. The topological polar surface area (TPSA) is 36.9 Å². The van der Waals surface area contributed by atoms with Crippen molar-refractivity contribution in [3.05, 3.63) is 0 Å². The molecule has 0 N–H and O–H groups in total. The van der Waals surface area contributed by atoms with Crippen LogP contribution in [0.4, 0.5) is 0 Å². The van der Waals surface area contributed by atoms with Crippen molar-refractivity contribution in [1.82, 2.24) is 0 Å². The number of hydrogen-bond acceptors (Lipinski definition) is 4. The average Bonchev–Trinajstić information content (AvgIpc) is 2.37. The van der Waals surface area contributed by atoms with Gasteiger partial charge in [-0.1, -0.05) is 13.8 Å². The normalized spacial score (nSPS) is 20.5. The first-order chi connectivity index (χ1) is 8.55. The van der Waals surface area contributed by atoms with Gasteiger partial charge in [-0.3, -0.25) is 0 Å². The fraction of sp³-hybridized carbons (Fsp3) is 1.00. The van der Waals surface area contributed by atoms with Crippen molar-refractivity contribution in [3.8, 4) is 0 Å². The molecule has 1 saturated heterocycles. The zero-order valence-electron chi connectivity index (χ0n) is 12.5. The summed E-state index contributed by atoms with van der Waals surface area (Å²) in [6, 6.07) is 2.03. The zero-order chi connectivity index (χ0) is 13.6. The molecule has 0 radical (unpaired) electrons. The lowest BCUT2D eigenvalue weighted by molar-refractivity contribution is -0.171. The van der Waals surface area contributed by atoms with E-state index in [0.717, 1.165) is 38.1 Å². The second kappa shape index (κ2) is 7.00. The van der Waals surface area contributed by atoms with Crippen LogP contribution in [0.2, 0.25) is 12.1 Å². The molecule has 0 saturated carbocycles. The molecular weight excluding hydrogens is 248 g/mol. The predicted octanol–water partition coefficient (Wildman–Crippen LogP) is 2.57. The van der Waals surface area contributed by atoms with Gasteiger partial charge >= 0.3 is 8.56 Å². The fourth-order valence-electron chi connectivity index (χ4n) is 2.67. The molecule has 1 rings (SSSR count). The Hall–Kier alpha value is 0.0569. The molecule has 0 aromatic rings. The van der Waals surface area contributed by atoms with E-state index in [1.165, 1.54) is 0 Å². The van der Waals surface area contributed by atoms with Crippen molar-refractivity contribution in [1.29, 1.82) is 0 Å². The first kappa shape index (κ1) is 16.1. The Morgan fingerprint density at radius 2 is 1.83 bits per heavy atom. The lowest BCUT2D eigenvalue weighted by Crippen LogP contribution is -2.50. The first-order valence-electron chi connectivity index (χ1n) is 6.76. The first-order valence-corrected chi connectivity index (χ1v) is 8.99. The maximum absolute atomic E-state index is 5.63. The summed E-state index contributed by atoms with van der Waals surface area (Å²) in [5, 5.41) is 0. The summed E-state index contributed by atoms with van der Waals surface area (Å²) >= 11 is 0. The van der Waals surface area contributed by atoms with Crippen molar-refractivity contribution in [2.24, 2.45) is 5.41 Å². The van der Waals surface area contributed by atoms with Crippen molar-refractivity contribution in [2.45, 2.75) is 44.9 Å². The Balaban J connectivity index is 2.39. The van der Waals surface area contributed by atoms with Gasteiger partial charge in [0.2, 0.25) is 0 Å². The quantitative estimate of drug-likeness (QED) is 0.607. The molecule has 5 heteroatoms.